The molecule has 0 spiro atoms. The normalized spacial score (nSPS) is 15.2. The highest BCUT2D eigenvalue weighted by molar-refractivity contribution is 7.99. The zero-order chi connectivity index (χ0) is 18.7. The minimum atomic E-state index is -0.428. The Labute approximate surface area is 162 Å². The average Bonchev–Trinajstić information content (AvgIpc) is 2.90. The van der Waals surface area contributed by atoms with Crippen molar-refractivity contribution in [1.29, 1.82) is 0 Å². The highest BCUT2D eigenvalue weighted by Crippen LogP contribution is 2.34. The maximum absolute atomic E-state index is 13.1. The van der Waals surface area contributed by atoms with Crippen molar-refractivity contribution in [2.24, 2.45) is 0 Å². The van der Waals surface area contributed by atoms with E-state index in [9.17, 15) is 9.18 Å². The Kier molecular flexibility index (Phi) is 6.24. The van der Waals surface area contributed by atoms with Crippen LogP contribution in [-0.4, -0.2) is 21.2 Å². The van der Waals surface area contributed by atoms with Crippen molar-refractivity contribution in [2.75, 3.05) is 11.1 Å². The topological polar surface area (TPSA) is 46.9 Å². The Balaban J connectivity index is 1.67. The maximum Gasteiger partial charge on any atom is 0.234 e. The highest BCUT2D eigenvalue weighted by Gasteiger charge is 2.22. The van der Waals surface area contributed by atoms with Crippen LogP contribution >= 0.6 is 23.4 Å². The molecule has 7 heteroatoms. The number of benzene rings is 1. The molecule has 1 fully saturated rings. The van der Waals surface area contributed by atoms with E-state index < -0.39 is 5.82 Å². The van der Waals surface area contributed by atoms with Crippen LogP contribution in [0.3, 0.4) is 0 Å². The predicted molar refractivity (Wildman–Crippen MR) is 105 cm³/mol. The standard InChI is InChI=1S/C19H23ClFN3OS/c1-12-13(2)24(15-6-4-3-5-7-15)19(22-12)26-11-18(25)23-17-9-8-14(21)10-16(17)20/h8-10,15H,3-7,11H2,1-2H3,(H,23,25). The van der Waals surface area contributed by atoms with E-state index in [1.54, 1.807) is 0 Å². The zero-order valence-electron chi connectivity index (χ0n) is 15.0. The van der Waals surface area contributed by atoms with Crippen molar-refractivity contribution in [3.8, 4) is 0 Å². The van der Waals surface area contributed by atoms with Gasteiger partial charge in [0.2, 0.25) is 5.91 Å². The maximum atomic E-state index is 13.1. The fourth-order valence-electron chi connectivity index (χ4n) is 3.37. The van der Waals surface area contributed by atoms with Crippen LogP contribution in [0.15, 0.2) is 23.4 Å². The molecule has 0 aliphatic heterocycles. The van der Waals surface area contributed by atoms with E-state index >= 15 is 0 Å². The van der Waals surface area contributed by atoms with E-state index in [2.05, 4.69) is 21.8 Å². The van der Waals surface area contributed by atoms with Gasteiger partial charge >= 0.3 is 0 Å². The summed E-state index contributed by atoms with van der Waals surface area (Å²) < 4.78 is 15.4. The Morgan fingerprint density at radius 3 is 2.77 bits per heavy atom. The highest BCUT2D eigenvalue weighted by atomic mass is 35.5. The number of imidazole rings is 1. The first-order chi connectivity index (χ1) is 12.5. The summed E-state index contributed by atoms with van der Waals surface area (Å²) in [5.74, 6) is -0.379. The summed E-state index contributed by atoms with van der Waals surface area (Å²) in [6, 6.07) is 4.41. The molecule has 1 amide bonds. The van der Waals surface area contributed by atoms with Gasteiger partial charge in [0.1, 0.15) is 5.82 Å². The van der Waals surface area contributed by atoms with Crippen molar-refractivity contribution >= 4 is 35.0 Å². The van der Waals surface area contributed by atoms with E-state index in [-0.39, 0.29) is 16.7 Å². The lowest BCUT2D eigenvalue weighted by molar-refractivity contribution is -0.113. The van der Waals surface area contributed by atoms with E-state index in [0.29, 0.717) is 11.7 Å². The first kappa shape index (κ1) is 19.2. The molecule has 1 heterocycles. The lowest BCUT2D eigenvalue weighted by Gasteiger charge is -2.26. The van der Waals surface area contributed by atoms with Gasteiger partial charge in [-0.1, -0.05) is 42.6 Å². The number of halogens is 2. The van der Waals surface area contributed by atoms with Crippen molar-refractivity contribution in [1.82, 2.24) is 9.55 Å². The molecule has 0 saturated heterocycles. The molecule has 0 radical (unpaired) electrons. The molecule has 1 aromatic carbocycles. The second-order valence-corrected chi connectivity index (χ2v) is 8.04. The van der Waals surface area contributed by atoms with Crippen LogP contribution in [0.2, 0.25) is 5.02 Å². The summed E-state index contributed by atoms with van der Waals surface area (Å²) in [6.07, 6.45) is 6.12. The van der Waals surface area contributed by atoms with Gasteiger partial charge in [0.05, 0.1) is 22.2 Å². The number of carbonyl (C=O) groups is 1. The SMILES string of the molecule is Cc1nc(SCC(=O)Nc2ccc(F)cc2Cl)n(C2CCCCC2)c1C. The monoisotopic (exact) mass is 395 g/mol. The number of nitrogens with zero attached hydrogens (tertiary/aromatic N) is 2. The minimum absolute atomic E-state index is 0.183. The molecular weight excluding hydrogens is 373 g/mol. The third-order valence-corrected chi connectivity index (χ3v) is 6.10. The van der Waals surface area contributed by atoms with Gasteiger partial charge in [-0.25, -0.2) is 9.37 Å². The van der Waals surface area contributed by atoms with Gasteiger partial charge in [0, 0.05) is 11.7 Å². The first-order valence-corrected chi connectivity index (χ1v) is 10.2. The van der Waals surface area contributed by atoms with E-state index in [1.807, 2.05) is 6.92 Å². The predicted octanol–water partition coefficient (Wildman–Crippen LogP) is 5.53. The van der Waals surface area contributed by atoms with Gasteiger partial charge in [0.15, 0.2) is 5.16 Å². The van der Waals surface area contributed by atoms with Gasteiger partial charge in [-0.3, -0.25) is 4.79 Å². The number of aromatic nitrogens is 2. The zero-order valence-corrected chi connectivity index (χ0v) is 16.6. The summed E-state index contributed by atoms with van der Waals surface area (Å²) in [5, 5.41) is 3.82. The molecule has 0 unspecified atom stereocenters. The number of hydrogen-bond acceptors (Lipinski definition) is 3. The molecule has 140 valence electrons. The Morgan fingerprint density at radius 1 is 1.35 bits per heavy atom. The Morgan fingerprint density at radius 2 is 2.08 bits per heavy atom. The van der Waals surface area contributed by atoms with Crippen LogP contribution in [-0.2, 0) is 4.79 Å². The fourth-order valence-corrected chi connectivity index (χ4v) is 4.55. The second kappa shape index (κ2) is 8.44. The number of nitrogens with one attached hydrogen (secondary N) is 1. The van der Waals surface area contributed by atoms with E-state index in [0.717, 1.165) is 10.9 Å². The minimum Gasteiger partial charge on any atom is -0.324 e. The molecular formula is C19H23ClFN3OS. The number of thioether (sulfide) groups is 1. The van der Waals surface area contributed by atoms with Crippen molar-refractivity contribution in [3.05, 3.63) is 40.4 Å². The number of rotatable bonds is 5. The first-order valence-electron chi connectivity index (χ1n) is 8.89. The van der Waals surface area contributed by atoms with Crippen molar-refractivity contribution < 1.29 is 9.18 Å². The number of carbonyl (C=O) groups excluding carboxylic acids is 1. The average molecular weight is 396 g/mol. The third-order valence-electron chi connectivity index (χ3n) is 4.83. The molecule has 1 saturated carbocycles. The molecule has 0 atom stereocenters. The quantitative estimate of drug-likeness (QED) is 0.677. The van der Waals surface area contributed by atoms with Crippen LogP contribution in [0.5, 0.6) is 0 Å². The smallest absolute Gasteiger partial charge is 0.234 e. The molecule has 2 aromatic rings. The van der Waals surface area contributed by atoms with Gasteiger partial charge < -0.3 is 9.88 Å². The van der Waals surface area contributed by atoms with Crippen LogP contribution in [0.25, 0.3) is 0 Å². The molecule has 3 rings (SSSR count). The van der Waals surface area contributed by atoms with Crippen molar-refractivity contribution in [3.63, 3.8) is 0 Å². The molecule has 1 aliphatic carbocycles. The number of hydrogen-bond donors (Lipinski definition) is 1. The number of anilines is 1. The fraction of sp³-hybridized carbons (Fsp3) is 0.474. The largest absolute Gasteiger partial charge is 0.324 e. The molecule has 26 heavy (non-hydrogen) atoms. The summed E-state index contributed by atoms with van der Waals surface area (Å²) >= 11 is 7.40. The third kappa shape index (κ3) is 4.41. The number of aryl methyl sites for hydroxylation is 1. The molecule has 1 aromatic heterocycles. The molecule has 0 bridgehead atoms. The summed E-state index contributed by atoms with van der Waals surface area (Å²) in [6.45, 7) is 4.11. The summed E-state index contributed by atoms with van der Waals surface area (Å²) in [5.41, 5.74) is 2.61. The van der Waals surface area contributed by atoms with Crippen molar-refractivity contribution in [2.45, 2.75) is 57.1 Å². The summed E-state index contributed by atoms with van der Waals surface area (Å²) in [4.78, 5) is 16.9. The van der Waals surface area contributed by atoms with Crippen LogP contribution < -0.4 is 5.32 Å². The number of amides is 1. The summed E-state index contributed by atoms with van der Waals surface area (Å²) in [7, 11) is 0. The van der Waals surface area contributed by atoms with Gasteiger partial charge in [-0.2, -0.15) is 0 Å². The Hall–Kier alpha value is -1.53. The molecule has 4 nitrogen and oxygen atoms in total. The lowest BCUT2D eigenvalue weighted by atomic mass is 9.95. The van der Waals surface area contributed by atoms with Gasteiger partial charge in [0.25, 0.3) is 0 Å². The lowest BCUT2D eigenvalue weighted by Crippen LogP contribution is -2.17. The van der Waals surface area contributed by atoms with Crippen LogP contribution in [0.4, 0.5) is 10.1 Å². The van der Waals surface area contributed by atoms with Gasteiger partial charge in [-0.05, 0) is 44.9 Å². The molecule has 1 N–H and O–H groups in total. The Bertz CT molecular complexity index is 802. The molecule has 1 aliphatic rings. The second-order valence-electron chi connectivity index (χ2n) is 6.69. The van der Waals surface area contributed by atoms with Crippen LogP contribution in [0, 0.1) is 19.7 Å². The van der Waals surface area contributed by atoms with E-state index in [1.165, 1.54) is 67.8 Å². The van der Waals surface area contributed by atoms with E-state index in [4.69, 9.17) is 11.6 Å². The van der Waals surface area contributed by atoms with Crippen LogP contribution in [0.1, 0.15) is 49.5 Å². The van der Waals surface area contributed by atoms with Gasteiger partial charge in [-0.15, -0.1) is 0 Å².